The molecule has 1 unspecified atom stereocenters. The third-order valence-corrected chi connectivity index (χ3v) is 3.60. The molecule has 0 spiro atoms. The van der Waals surface area contributed by atoms with Gasteiger partial charge in [-0.15, -0.1) is 0 Å². The van der Waals surface area contributed by atoms with Crippen molar-refractivity contribution < 1.29 is 9.84 Å². The van der Waals surface area contributed by atoms with Gasteiger partial charge in [0.2, 0.25) is 0 Å². The van der Waals surface area contributed by atoms with Crippen molar-refractivity contribution >= 4 is 22.6 Å². The van der Waals surface area contributed by atoms with Gasteiger partial charge in [-0.1, -0.05) is 0 Å². The highest BCUT2D eigenvalue weighted by atomic mass is 127. The lowest BCUT2D eigenvalue weighted by molar-refractivity contribution is 0.106. The fourth-order valence-corrected chi connectivity index (χ4v) is 2.07. The number of nitrogens with zero attached hydrogens (tertiary/aromatic N) is 1. The zero-order chi connectivity index (χ0) is 14.4. The molecule has 0 aliphatic heterocycles. The summed E-state index contributed by atoms with van der Waals surface area (Å²) in [6, 6.07) is 7.75. The molecular formula is C14H18IN3O2. The summed E-state index contributed by atoms with van der Waals surface area (Å²) < 4.78 is 6.68. The van der Waals surface area contributed by atoms with Crippen LogP contribution in [0.15, 0.2) is 30.5 Å². The minimum atomic E-state index is -0.540. The fraction of sp³-hybridized carbons (Fsp3) is 0.357. The second-order valence-electron chi connectivity index (χ2n) is 4.57. The first-order valence-corrected chi connectivity index (χ1v) is 7.49. The van der Waals surface area contributed by atoms with Crippen LogP contribution < -0.4 is 10.1 Å². The van der Waals surface area contributed by atoms with Crippen molar-refractivity contribution in [2.45, 2.75) is 19.6 Å². The number of H-pyrrole nitrogens is 1. The largest absolute Gasteiger partial charge is 0.491 e. The van der Waals surface area contributed by atoms with Crippen LogP contribution in [0.3, 0.4) is 0 Å². The monoisotopic (exact) mass is 387 g/mol. The van der Waals surface area contributed by atoms with E-state index in [9.17, 15) is 5.11 Å². The van der Waals surface area contributed by atoms with Crippen molar-refractivity contribution in [1.82, 2.24) is 15.5 Å². The first-order valence-electron chi connectivity index (χ1n) is 6.41. The molecule has 0 bridgehead atoms. The minimum Gasteiger partial charge on any atom is -0.491 e. The molecule has 6 heteroatoms. The maximum Gasteiger partial charge on any atom is 0.119 e. The molecule has 2 aromatic rings. The summed E-state index contributed by atoms with van der Waals surface area (Å²) in [6.45, 7) is 3.41. The van der Waals surface area contributed by atoms with Crippen molar-refractivity contribution in [3.63, 3.8) is 0 Å². The molecule has 1 aromatic carbocycles. The number of halogens is 1. The second kappa shape index (κ2) is 7.61. The lowest BCUT2D eigenvalue weighted by Crippen LogP contribution is -2.31. The van der Waals surface area contributed by atoms with E-state index in [1.54, 1.807) is 6.20 Å². The molecule has 0 fully saturated rings. The Morgan fingerprint density at radius 1 is 1.40 bits per heavy atom. The van der Waals surface area contributed by atoms with Gasteiger partial charge in [0.25, 0.3) is 0 Å². The third kappa shape index (κ3) is 4.77. The number of aryl methyl sites for hydroxylation is 1. The highest BCUT2D eigenvalue weighted by molar-refractivity contribution is 14.1. The van der Waals surface area contributed by atoms with Gasteiger partial charge >= 0.3 is 0 Å². The van der Waals surface area contributed by atoms with Crippen LogP contribution in [0, 0.1) is 10.5 Å². The van der Waals surface area contributed by atoms with Crippen molar-refractivity contribution in [2.24, 2.45) is 0 Å². The van der Waals surface area contributed by atoms with Gasteiger partial charge in [-0.3, -0.25) is 5.10 Å². The Bertz CT molecular complexity index is 527. The first-order chi connectivity index (χ1) is 9.65. The molecule has 2 rings (SSSR count). The van der Waals surface area contributed by atoms with E-state index in [0.29, 0.717) is 13.1 Å². The SMILES string of the molecule is Cc1[nH]ncc1CNCC(O)COc1ccc(I)cc1. The van der Waals surface area contributed by atoms with Gasteiger partial charge in [-0.05, 0) is 53.8 Å². The van der Waals surface area contributed by atoms with E-state index in [1.165, 1.54) is 0 Å². The van der Waals surface area contributed by atoms with Crippen molar-refractivity contribution in [3.8, 4) is 5.75 Å². The molecule has 1 aromatic heterocycles. The molecule has 0 saturated heterocycles. The topological polar surface area (TPSA) is 70.2 Å². The van der Waals surface area contributed by atoms with Crippen LogP contribution in [-0.2, 0) is 6.54 Å². The average molecular weight is 387 g/mol. The van der Waals surface area contributed by atoms with Gasteiger partial charge in [0.05, 0.1) is 6.20 Å². The Hall–Kier alpha value is -1.12. The molecule has 0 aliphatic carbocycles. The molecule has 1 atom stereocenters. The van der Waals surface area contributed by atoms with E-state index in [0.717, 1.165) is 20.6 Å². The van der Waals surface area contributed by atoms with Crippen LogP contribution in [-0.4, -0.2) is 34.6 Å². The number of hydrogen-bond donors (Lipinski definition) is 3. The normalized spacial score (nSPS) is 12.3. The number of aromatic nitrogens is 2. The fourth-order valence-electron chi connectivity index (χ4n) is 1.71. The van der Waals surface area contributed by atoms with Crippen LogP contribution in [0.4, 0.5) is 0 Å². The van der Waals surface area contributed by atoms with Crippen molar-refractivity contribution in [3.05, 3.63) is 45.3 Å². The molecule has 0 aliphatic rings. The van der Waals surface area contributed by atoms with E-state index >= 15 is 0 Å². The Balaban J connectivity index is 1.66. The summed E-state index contributed by atoms with van der Waals surface area (Å²) >= 11 is 2.24. The summed E-state index contributed by atoms with van der Waals surface area (Å²) in [5.41, 5.74) is 2.15. The molecule has 0 saturated carbocycles. The molecule has 20 heavy (non-hydrogen) atoms. The van der Waals surface area contributed by atoms with E-state index < -0.39 is 6.10 Å². The molecule has 3 N–H and O–H groups in total. The number of ether oxygens (including phenoxy) is 1. The molecule has 0 amide bonds. The van der Waals surface area contributed by atoms with Crippen LogP contribution in [0.2, 0.25) is 0 Å². The van der Waals surface area contributed by atoms with Gasteiger partial charge in [0.1, 0.15) is 18.5 Å². The van der Waals surface area contributed by atoms with E-state index in [-0.39, 0.29) is 6.61 Å². The summed E-state index contributed by atoms with van der Waals surface area (Å²) in [4.78, 5) is 0. The molecular weight excluding hydrogens is 369 g/mol. The third-order valence-electron chi connectivity index (χ3n) is 2.89. The summed E-state index contributed by atoms with van der Waals surface area (Å²) in [6.07, 6.45) is 1.25. The summed E-state index contributed by atoms with van der Waals surface area (Å²) in [5, 5.41) is 19.9. The number of rotatable bonds is 7. The lowest BCUT2D eigenvalue weighted by Gasteiger charge is -2.13. The van der Waals surface area contributed by atoms with Gasteiger partial charge < -0.3 is 15.2 Å². The van der Waals surface area contributed by atoms with Crippen LogP contribution >= 0.6 is 22.6 Å². The van der Waals surface area contributed by atoms with Gasteiger partial charge in [0.15, 0.2) is 0 Å². The average Bonchev–Trinajstić information content (AvgIpc) is 2.84. The van der Waals surface area contributed by atoms with Crippen molar-refractivity contribution in [2.75, 3.05) is 13.2 Å². The predicted molar refractivity (Wildman–Crippen MR) is 85.7 cm³/mol. The highest BCUT2D eigenvalue weighted by Crippen LogP contribution is 2.13. The summed E-state index contributed by atoms with van der Waals surface area (Å²) in [7, 11) is 0. The number of aliphatic hydroxyl groups is 1. The number of aromatic amines is 1. The smallest absolute Gasteiger partial charge is 0.119 e. The van der Waals surface area contributed by atoms with Crippen LogP contribution in [0.5, 0.6) is 5.75 Å². The molecule has 5 nitrogen and oxygen atoms in total. The zero-order valence-corrected chi connectivity index (χ0v) is 13.4. The standard InChI is InChI=1S/C14H18IN3O2/c1-10-11(7-17-18-10)6-16-8-13(19)9-20-14-4-2-12(15)3-5-14/h2-5,7,13,16,19H,6,8-9H2,1H3,(H,17,18). The quantitative estimate of drug-likeness (QED) is 0.635. The highest BCUT2D eigenvalue weighted by Gasteiger charge is 2.06. The van der Waals surface area contributed by atoms with Crippen LogP contribution in [0.25, 0.3) is 0 Å². The number of nitrogens with one attached hydrogen (secondary N) is 2. The first kappa shape index (κ1) is 15.3. The lowest BCUT2D eigenvalue weighted by atomic mass is 10.2. The van der Waals surface area contributed by atoms with Gasteiger partial charge in [0, 0.05) is 27.9 Å². The molecule has 108 valence electrons. The predicted octanol–water partition coefficient (Wildman–Crippen LogP) is 1.85. The summed E-state index contributed by atoms with van der Waals surface area (Å²) in [5.74, 6) is 0.773. The Morgan fingerprint density at radius 2 is 2.15 bits per heavy atom. The molecule has 0 radical (unpaired) electrons. The van der Waals surface area contributed by atoms with Crippen molar-refractivity contribution in [1.29, 1.82) is 0 Å². The maximum absolute atomic E-state index is 9.85. The Kier molecular flexibility index (Phi) is 5.81. The number of benzene rings is 1. The number of aliphatic hydroxyl groups excluding tert-OH is 1. The van der Waals surface area contributed by atoms with Crippen LogP contribution in [0.1, 0.15) is 11.3 Å². The van der Waals surface area contributed by atoms with Gasteiger partial charge in [-0.25, -0.2) is 0 Å². The number of hydrogen-bond acceptors (Lipinski definition) is 4. The van der Waals surface area contributed by atoms with E-state index in [1.807, 2.05) is 31.2 Å². The second-order valence-corrected chi connectivity index (χ2v) is 5.82. The van der Waals surface area contributed by atoms with E-state index in [2.05, 4.69) is 38.1 Å². The Labute approximate surface area is 131 Å². The maximum atomic E-state index is 9.85. The minimum absolute atomic E-state index is 0.276. The molecule has 1 heterocycles. The van der Waals surface area contributed by atoms with E-state index in [4.69, 9.17) is 4.74 Å². The zero-order valence-electron chi connectivity index (χ0n) is 11.3. The Morgan fingerprint density at radius 3 is 2.80 bits per heavy atom. The van der Waals surface area contributed by atoms with Gasteiger partial charge in [-0.2, -0.15) is 5.10 Å².